The lowest BCUT2D eigenvalue weighted by molar-refractivity contribution is 0.726. The van der Waals surface area contributed by atoms with Crippen LogP contribution in [-0.2, 0) is 6.54 Å². The van der Waals surface area contributed by atoms with E-state index in [4.69, 9.17) is 5.73 Å². The van der Waals surface area contributed by atoms with E-state index in [-0.39, 0.29) is 0 Å². The maximum Gasteiger partial charge on any atom is 0.158 e. The summed E-state index contributed by atoms with van der Waals surface area (Å²) in [5, 5.41) is 4.45. The molecule has 1 fully saturated rings. The molecular formula is C13H18N4. The maximum absolute atomic E-state index is 5.76. The minimum absolute atomic E-state index is 0.506. The van der Waals surface area contributed by atoms with Crippen LogP contribution in [0.5, 0.6) is 0 Å². The zero-order valence-electron chi connectivity index (χ0n) is 10.2. The smallest absolute Gasteiger partial charge is 0.158 e. The summed E-state index contributed by atoms with van der Waals surface area (Å²) in [5.41, 5.74) is 10.1. The Morgan fingerprint density at radius 1 is 1.41 bits per heavy atom. The summed E-state index contributed by atoms with van der Waals surface area (Å²) in [5.74, 6) is 0.646. The quantitative estimate of drug-likeness (QED) is 0.860. The third-order valence-corrected chi connectivity index (χ3v) is 3.71. The summed E-state index contributed by atoms with van der Waals surface area (Å²) in [4.78, 5) is 4.63. The first-order chi connectivity index (χ1) is 8.29. The second-order valence-electron chi connectivity index (χ2n) is 4.91. The van der Waals surface area contributed by atoms with Gasteiger partial charge in [0.25, 0.3) is 0 Å². The van der Waals surface area contributed by atoms with Gasteiger partial charge in [0.1, 0.15) is 0 Å². The highest BCUT2D eigenvalue weighted by atomic mass is 15.3. The average molecular weight is 230 g/mol. The van der Waals surface area contributed by atoms with Crippen LogP contribution in [0.1, 0.15) is 48.6 Å². The Hall–Kier alpha value is -1.42. The van der Waals surface area contributed by atoms with E-state index < -0.39 is 0 Å². The van der Waals surface area contributed by atoms with Gasteiger partial charge in [0.15, 0.2) is 5.65 Å². The van der Waals surface area contributed by atoms with E-state index in [0.717, 1.165) is 17.0 Å². The number of hydrogen-bond acceptors (Lipinski definition) is 3. The molecule has 3 rings (SSSR count). The molecular weight excluding hydrogens is 212 g/mol. The molecule has 0 unspecified atom stereocenters. The summed E-state index contributed by atoms with van der Waals surface area (Å²) in [6.45, 7) is 2.52. The Bertz CT molecular complexity index is 538. The molecule has 1 saturated carbocycles. The first kappa shape index (κ1) is 10.7. The van der Waals surface area contributed by atoms with Crippen LogP contribution in [0.2, 0.25) is 0 Å². The topological polar surface area (TPSA) is 56.2 Å². The lowest BCUT2D eigenvalue weighted by Gasteiger charge is -2.08. The summed E-state index contributed by atoms with van der Waals surface area (Å²) in [6.07, 6.45) is 7.19. The van der Waals surface area contributed by atoms with Gasteiger partial charge in [-0.3, -0.25) is 0 Å². The third kappa shape index (κ3) is 1.72. The molecule has 2 heterocycles. The predicted molar refractivity (Wildman–Crippen MR) is 66.8 cm³/mol. The summed E-state index contributed by atoms with van der Waals surface area (Å²) < 4.78 is 1.90. The van der Waals surface area contributed by atoms with Gasteiger partial charge in [0.05, 0.1) is 11.9 Å². The fourth-order valence-corrected chi connectivity index (χ4v) is 2.85. The van der Waals surface area contributed by atoms with Crippen molar-refractivity contribution in [1.29, 1.82) is 0 Å². The molecule has 0 saturated heterocycles. The van der Waals surface area contributed by atoms with Crippen molar-refractivity contribution in [2.75, 3.05) is 0 Å². The van der Waals surface area contributed by atoms with Crippen LogP contribution < -0.4 is 5.73 Å². The normalized spacial score (nSPS) is 17.1. The first-order valence-corrected chi connectivity index (χ1v) is 6.34. The number of aromatic nitrogens is 3. The van der Waals surface area contributed by atoms with Crippen molar-refractivity contribution in [1.82, 2.24) is 14.6 Å². The number of nitrogens with two attached hydrogens (primary N) is 1. The molecule has 0 aromatic carbocycles. The highest BCUT2D eigenvalue weighted by Crippen LogP contribution is 2.35. The van der Waals surface area contributed by atoms with E-state index in [9.17, 15) is 0 Å². The van der Waals surface area contributed by atoms with Gasteiger partial charge in [-0.15, -0.1) is 0 Å². The zero-order chi connectivity index (χ0) is 11.8. The lowest BCUT2D eigenvalue weighted by Crippen LogP contribution is -2.07. The molecule has 2 N–H and O–H groups in total. The van der Waals surface area contributed by atoms with E-state index >= 15 is 0 Å². The lowest BCUT2D eigenvalue weighted by atomic mass is 10.0. The van der Waals surface area contributed by atoms with E-state index in [1.807, 2.05) is 23.7 Å². The molecule has 2 aromatic heterocycles. The van der Waals surface area contributed by atoms with Gasteiger partial charge in [-0.05, 0) is 31.7 Å². The van der Waals surface area contributed by atoms with Crippen LogP contribution in [0.15, 0.2) is 12.3 Å². The predicted octanol–water partition coefficient (Wildman–Crippen LogP) is 2.15. The first-order valence-electron chi connectivity index (χ1n) is 6.34. The molecule has 1 aliphatic rings. The van der Waals surface area contributed by atoms with Crippen LogP contribution in [0.3, 0.4) is 0 Å². The fraction of sp³-hybridized carbons (Fsp3) is 0.538. The minimum atomic E-state index is 0.506. The van der Waals surface area contributed by atoms with Gasteiger partial charge in [-0.1, -0.05) is 12.8 Å². The van der Waals surface area contributed by atoms with Crippen molar-refractivity contribution in [2.24, 2.45) is 5.73 Å². The second-order valence-corrected chi connectivity index (χ2v) is 4.91. The van der Waals surface area contributed by atoms with Crippen LogP contribution >= 0.6 is 0 Å². The number of aryl methyl sites for hydroxylation is 1. The molecule has 0 amide bonds. The average Bonchev–Trinajstić information content (AvgIpc) is 2.94. The van der Waals surface area contributed by atoms with Crippen molar-refractivity contribution >= 4 is 5.65 Å². The fourth-order valence-electron chi connectivity index (χ4n) is 2.85. The standard InChI is InChI=1S/C13H18N4/c1-9-6-11(7-14)17-13(16-9)12(8-15-17)10-4-2-3-5-10/h6,8,10H,2-5,7,14H2,1H3. The van der Waals surface area contributed by atoms with Crippen LogP contribution in [0.25, 0.3) is 5.65 Å². The van der Waals surface area contributed by atoms with E-state index in [0.29, 0.717) is 12.5 Å². The van der Waals surface area contributed by atoms with Gasteiger partial charge in [-0.2, -0.15) is 5.10 Å². The molecule has 17 heavy (non-hydrogen) atoms. The molecule has 1 aliphatic carbocycles. The number of nitrogens with zero attached hydrogens (tertiary/aromatic N) is 3. The number of fused-ring (bicyclic) bond motifs is 1. The van der Waals surface area contributed by atoms with Crippen molar-refractivity contribution in [3.63, 3.8) is 0 Å². The molecule has 90 valence electrons. The monoisotopic (exact) mass is 230 g/mol. The maximum atomic E-state index is 5.76. The van der Waals surface area contributed by atoms with Gasteiger partial charge < -0.3 is 5.73 Å². The molecule has 0 bridgehead atoms. The Morgan fingerprint density at radius 2 is 2.18 bits per heavy atom. The molecule has 4 nitrogen and oxygen atoms in total. The largest absolute Gasteiger partial charge is 0.325 e. The minimum Gasteiger partial charge on any atom is -0.325 e. The van der Waals surface area contributed by atoms with Crippen molar-refractivity contribution < 1.29 is 0 Å². The van der Waals surface area contributed by atoms with Crippen LogP contribution in [0.4, 0.5) is 0 Å². The van der Waals surface area contributed by atoms with E-state index in [2.05, 4.69) is 10.1 Å². The summed E-state index contributed by atoms with van der Waals surface area (Å²) in [6, 6.07) is 2.01. The summed E-state index contributed by atoms with van der Waals surface area (Å²) >= 11 is 0. The van der Waals surface area contributed by atoms with Crippen molar-refractivity contribution in [2.45, 2.75) is 45.1 Å². The van der Waals surface area contributed by atoms with E-state index in [1.54, 1.807) is 0 Å². The second kappa shape index (κ2) is 4.11. The Labute approximate surface area is 101 Å². The summed E-state index contributed by atoms with van der Waals surface area (Å²) in [7, 11) is 0. The van der Waals surface area contributed by atoms with Crippen molar-refractivity contribution in [3.8, 4) is 0 Å². The Balaban J connectivity index is 2.17. The molecule has 0 atom stereocenters. The zero-order valence-corrected chi connectivity index (χ0v) is 10.2. The van der Waals surface area contributed by atoms with Crippen LogP contribution in [0, 0.1) is 6.92 Å². The number of hydrogen-bond donors (Lipinski definition) is 1. The third-order valence-electron chi connectivity index (χ3n) is 3.71. The van der Waals surface area contributed by atoms with Gasteiger partial charge in [0, 0.05) is 17.8 Å². The molecule has 0 aliphatic heterocycles. The van der Waals surface area contributed by atoms with E-state index in [1.165, 1.54) is 31.2 Å². The van der Waals surface area contributed by atoms with Gasteiger partial charge in [0.2, 0.25) is 0 Å². The van der Waals surface area contributed by atoms with Gasteiger partial charge >= 0.3 is 0 Å². The SMILES string of the molecule is Cc1cc(CN)n2ncc(C3CCCC3)c2n1. The Morgan fingerprint density at radius 3 is 2.88 bits per heavy atom. The molecule has 0 spiro atoms. The Kier molecular flexibility index (Phi) is 2.59. The highest BCUT2D eigenvalue weighted by molar-refractivity contribution is 5.50. The number of rotatable bonds is 2. The molecule has 0 radical (unpaired) electrons. The molecule has 4 heteroatoms. The van der Waals surface area contributed by atoms with Gasteiger partial charge in [-0.25, -0.2) is 9.50 Å². The molecule has 2 aromatic rings. The van der Waals surface area contributed by atoms with Crippen molar-refractivity contribution in [3.05, 3.63) is 29.2 Å². The highest BCUT2D eigenvalue weighted by Gasteiger charge is 2.22. The van der Waals surface area contributed by atoms with Crippen LogP contribution in [-0.4, -0.2) is 14.6 Å².